The van der Waals surface area contributed by atoms with Crippen molar-refractivity contribution in [2.75, 3.05) is 0 Å². The molecule has 0 saturated carbocycles. The summed E-state index contributed by atoms with van der Waals surface area (Å²) in [6.07, 6.45) is 0.0862. The normalized spacial score (nSPS) is 11.2. The molecule has 4 aromatic rings. The van der Waals surface area contributed by atoms with Gasteiger partial charge in [-0.15, -0.1) is 0 Å². The largest absolute Gasteiger partial charge is 0.273 e. The number of rotatable bonds is 7. The predicted molar refractivity (Wildman–Crippen MR) is 130 cm³/mol. The molecular weight excluding hydrogens is 450 g/mol. The van der Waals surface area contributed by atoms with Gasteiger partial charge in [-0.05, 0) is 40.1 Å². The molecule has 0 saturated heterocycles. The molecule has 0 aliphatic rings. The van der Waals surface area contributed by atoms with Gasteiger partial charge in [-0.25, -0.2) is 13.1 Å². The fourth-order valence-electron chi connectivity index (χ4n) is 3.44. The van der Waals surface area contributed by atoms with E-state index in [9.17, 15) is 18.0 Å². The van der Waals surface area contributed by atoms with Gasteiger partial charge in [0, 0.05) is 12.1 Å². The Hall–Kier alpha value is -4.01. The maximum atomic E-state index is 12.6. The van der Waals surface area contributed by atoms with E-state index in [2.05, 4.69) is 15.6 Å². The highest BCUT2D eigenvalue weighted by atomic mass is 32.2. The van der Waals surface area contributed by atoms with Crippen LogP contribution in [0.5, 0.6) is 0 Å². The maximum absolute atomic E-state index is 12.6. The minimum absolute atomic E-state index is 0.0430. The zero-order chi connectivity index (χ0) is 24.0. The van der Waals surface area contributed by atoms with Crippen LogP contribution in [0, 0.1) is 0 Å². The molecule has 2 amide bonds. The molecule has 0 bridgehead atoms. The van der Waals surface area contributed by atoms with Crippen LogP contribution >= 0.6 is 0 Å². The Morgan fingerprint density at radius 1 is 0.676 bits per heavy atom. The van der Waals surface area contributed by atoms with Crippen molar-refractivity contribution < 1.29 is 18.0 Å². The van der Waals surface area contributed by atoms with Crippen LogP contribution in [-0.2, 0) is 27.8 Å². The summed E-state index contributed by atoms with van der Waals surface area (Å²) in [5.74, 6) is -1.01. The van der Waals surface area contributed by atoms with Crippen LogP contribution in [0.4, 0.5) is 0 Å². The first-order chi connectivity index (χ1) is 16.4. The Labute approximate surface area is 197 Å². The van der Waals surface area contributed by atoms with Crippen LogP contribution < -0.4 is 15.6 Å². The standard InChI is InChI=1S/C26H23N3O4S/c30-25(16-20-13-14-21-9-4-5-10-22(21)15-20)28-29-26(31)23-11-6-12-24(17-23)34(32,33)27-18-19-7-2-1-3-8-19/h1-15,17,27H,16,18H2,(H,28,30)(H,29,31). The lowest BCUT2D eigenvalue weighted by molar-refractivity contribution is -0.121. The first-order valence-electron chi connectivity index (χ1n) is 10.6. The highest BCUT2D eigenvalue weighted by Crippen LogP contribution is 2.16. The molecule has 7 nitrogen and oxygen atoms in total. The molecule has 0 spiro atoms. The second-order valence-corrected chi connectivity index (χ2v) is 9.47. The Bertz CT molecular complexity index is 1440. The van der Waals surface area contributed by atoms with Crippen molar-refractivity contribution in [1.29, 1.82) is 0 Å². The van der Waals surface area contributed by atoms with Crippen LogP contribution in [0.25, 0.3) is 10.8 Å². The number of sulfonamides is 1. The molecule has 34 heavy (non-hydrogen) atoms. The third kappa shape index (κ3) is 5.86. The van der Waals surface area contributed by atoms with E-state index >= 15 is 0 Å². The van der Waals surface area contributed by atoms with E-state index in [4.69, 9.17) is 0 Å². The fourth-order valence-corrected chi connectivity index (χ4v) is 4.50. The zero-order valence-electron chi connectivity index (χ0n) is 18.2. The molecule has 8 heteroatoms. The van der Waals surface area contributed by atoms with Crippen molar-refractivity contribution in [2.45, 2.75) is 17.9 Å². The van der Waals surface area contributed by atoms with E-state index < -0.39 is 21.8 Å². The Kier molecular flexibility index (Phi) is 7.01. The fraction of sp³-hybridized carbons (Fsp3) is 0.0769. The summed E-state index contributed by atoms with van der Waals surface area (Å²) in [4.78, 5) is 24.7. The van der Waals surface area contributed by atoms with E-state index in [1.54, 1.807) is 0 Å². The van der Waals surface area contributed by atoms with Gasteiger partial charge in [-0.1, -0.05) is 78.9 Å². The number of benzene rings is 4. The third-order valence-electron chi connectivity index (χ3n) is 5.21. The van der Waals surface area contributed by atoms with Crippen LogP contribution in [0.3, 0.4) is 0 Å². The summed E-state index contributed by atoms with van der Waals surface area (Å²) in [6.45, 7) is 0.129. The summed E-state index contributed by atoms with van der Waals surface area (Å²) in [5.41, 5.74) is 6.45. The maximum Gasteiger partial charge on any atom is 0.269 e. The molecule has 4 rings (SSSR count). The number of hydrazine groups is 1. The molecule has 3 N–H and O–H groups in total. The lowest BCUT2D eigenvalue weighted by Gasteiger charge is -2.10. The molecule has 0 aliphatic heterocycles. The predicted octanol–water partition coefficient (Wildman–Crippen LogP) is 3.32. The van der Waals surface area contributed by atoms with Crippen molar-refractivity contribution in [3.63, 3.8) is 0 Å². The molecule has 0 fully saturated rings. The lowest BCUT2D eigenvalue weighted by atomic mass is 10.1. The monoisotopic (exact) mass is 473 g/mol. The SMILES string of the molecule is O=C(Cc1ccc2ccccc2c1)NNC(=O)c1cccc(S(=O)(=O)NCc2ccccc2)c1. The van der Waals surface area contributed by atoms with Gasteiger partial charge >= 0.3 is 0 Å². The first kappa shape index (κ1) is 23.2. The number of nitrogens with one attached hydrogen (secondary N) is 3. The average Bonchev–Trinajstić information content (AvgIpc) is 2.87. The van der Waals surface area contributed by atoms with Gasteiger partial charge in [-0.3, -0.25) is 20.4 Å². The summed E-state index contributed by atoms with van der Waals surface area (Å²) in [7, 11) is -3.82. The third-order valence-corrected chi connectivity index (χ3v) is 6.61. The number of carbonyl (C=O) groups is 2. The molecule has 0 radical (unpaired) electrons. The van der Waals surface area contributed by atoms with Crippen molar-refractivity contribution >= 4 is 32.6 Å². The van der Waals surface area contributed by atoms with E-state index in [-0.39, 0.29) is 23.4 Å². The van der Waals surface area contributed by atoms with Crippen LogP contribution in [-0.4, -0.2) is 20.2 Å². The topological polar surface area (TPSA) is 104 Å². The quantitative estimate of drug-likeness (QED) is 0.358. The van der Waals surface area contributed by atoms with E-state index in [1.165, 1.54) is 24.3 Å². The van der Waals surface area contributed by atoms with E-state index in [0.29, 0.717) is 0 Å². The molecule has 0 aromatic heterocycles. The van der Waals surface area contributed by atoms with E-state index in [0.717, 1.165) is 21.9 Å². The summed E-state index contributed by atoms with van der Waals surface area (Å²) in [6, 6.07) is 28.3. The minimum atomic E-state index is -3.82. The highest BCUT2D eigenvalue weighted by Gasteiger charge is 2.16. The lowest BCUT2D eigenvalue weighted by Crippen LogP contribution is -2.42. The second-order valence-electron chi connectivity index (χ2n) is 7.70. The van der Waals surface area contributed by atoms with Crippen LogP contribution in [0.15, 0.2) is 102 Å². The average molecular weight is 474 g/mol. The molecule has 4 aromatic carbocycles. The number of hydrogen-bond donors (Lipinski definition) is 3. The molecule has 0 heterocycles. The molecule has 172 valence electrons. The van der Waals surface area contributed by atoms with Crippen LogP contribution in [0.1, 0.15) is 21.5 Å². The number of amides is 2. The number of hydrogen-bond acceptors (Lipinski definition) is 4. The highest BCUT2D eigenvalue weighted by molar-refractivity contribution is 7.89. The van der Waals surface area contributed by atoms with Gasteiger partial charge in [-0.2, -0.15) is 0 Å². The zero-order valence-corrected chi connectivity index (χ0v) is 19.0. The van der Waals surface area contributed by atoms with Gasteiger partial charge in [0.1, 0.15) is 0 Å². The van der Waals surface area contributed by atoms with Crippen molar-refractivity contribution in [3.8, 4) is 0 Å². The van der Waals surface area contributed by atoms with Gasteiger partial charge < -0.3 is 0 Å². The smallest absolute Gasteiger partial charge is 0.269 e. The second kappa shape index (κ2) is 10.3. The van der Waals surface area contributed by atoms with Crippen molar-refractivity contribution in [1.82, 2.24) is 15.6 Å². The van der Waals surface area contributed by atoms with Gasteiger partial charge in [0.2, 0.25) is 15.9 Å². The number of fused-ring (bicyclic) bond motifs is 1. The first-order valence-corrected chi connectivity index (χ1v) is 12.1. The van der Waals surface area contributed by atoms with Crippen molar-refractivity contribution in [3.05, 3.63) is 114 Å². The van der Waals surface area contributed by atoms with Gasteiger partial charge in [0.15, 0.2) is 0 Å². The van der Waals surface area contributed by atoms with Gasteiger partial charge in [0.05, 0.1) is 11.3 Å². The molecule has 0 aliphatic carbocycles. The number of carbonyl (C=O) groups excluding carboxylic acids is 2. The van der Waals surface area contributed by atoms with Crippen molar-refractivity contribution in [2.24, 2.45) is 0 Å². The molecular formula is C26H23N3O4S. The summed E-state index contributed by atoms with van der Waals surface area (Å²) in [5, 5.41) is 2.10. The Balaban J connectivity index is 1.35. The Morgan fingerprint density at radius 3 is 2.21 bits per heavy atom. The summed E-state index contributed by atoms with van der Waals surface area (Å²) < 4.78 is 27.8. The summed E-state index contributed by atoms with van der Waals surface area (Å²) >= 11 is 0. The molecule has 0 unspecified atom stereocenters. The molecule has 0 atom stereocenters. The van der Waals surface area contributed by atoms with Gasteiger partial charge in [0.25, 0.3) is 5.91 Å². The van der Waals surface area contributed by atoms with Crippen LogP contribution in [0.2, 0.25) is 0 Å². The minimum Gasteiger partial charge on any atom is -0.273 e. The Morgan fingerprint density at radius 2 is 1.41 bits per heavy atom. The van der Waals surface area contributed by atoms with E-state index in [1.807, 2.05) is 72.8 Å².